The quantitative estimate of drug-likeness (QED) is 0.334. The number of rotatable bonds is 10. The molecule has 3 aromatic rings. The molecule has 9 nitrogen and oxygen atoms in total. The van der Waals surface area contributed by atoms with Gasteiger partial charge in [-0.3, -0.25) is 0 Å². The first-order chi connectivity index (χ1) is 19.8. The SMILES string of the molecule is CCOC(=O)[C@H](Cc1cccc(S(=O)(=O)N2CC(Oc3ccc(F)cc3)(c3ccccc3)C2)c1)NC(=O)OC(C)(C)C. The molecular formula is C31H35FN2O7S. The zero-order valence-electron chi connectivity index (χ0n) is 24.0. The lowest BCUT2D eigenvalue weighted by Gasteiger charge is -2.48. The van der Waals surface area contributed by atoms with Crippen LogP contribution >= 0.6 is 0 Å². The minimum absolute atomic E-state index is 0.0108. The molecule has 0 unspecified atom stereocenters. The molecule has 0 spiro atoms. The van der Waals surface area contributed by atoms with Crippen molar-refractivity contribution < 1.29 is 36.6 Å². The molecular weight excluding hydrogens is 563 g/mol. The first kappa shape index (κ1) is 31.0. The summed E-state index contributed by atoms with van der Waals surface area (Å²) in [5.41, 5.74) is -0.442. The molecule has 0 saturated carbocycles. The van der Waals surface area contributed by atoms with E-state index in [1.54, 1.807) is 39.8 Å². The summed E-state index contributed by atoms with van der Waals surface area (Å²) in [7, 11) is -3.95. The lowest BCUT2D eigenvalue weighted by Crippen LogP contribution is -2.64. The van der Waals surface area contributed by atoms with E-state index in [0.717, 1.165) is 5.56 Å². The molecule has 3 aromatic carbocycles. The Balaban J connectivity index is 1.54. The first-order valence-electron chi connectivity index (χ1n) is 13.6. The molecule has 42 heavy (non-hydrogen) atoms. The van der Waals surface area contributed by atoms with Crippen LogP contribution in [-0.2, 0) is 36.3 Å². The molecule has 1 atom stereocenters. The van der Waals surface area contributed by atoms with E-state index in [4.69, 9.17) is 14.2 Å². The summed E-state index contributed by atoms with van der Waals surface area (Å²) >= 11 is 0. The van der Waals surface area contributed by atoms with Gasteiger partial charge in [-0.1, -0.05) is 42.5 Å². The molecule has 1 aliphatic rings. The zero-order valence-corrected chi connectivity index (χ0v) is 24.8. The van der Waals surface area contributed by atoms with E-state index < -0.39 is 45.1 Å². The highest BCUT2D eigenvalue weighted by molar-refractivity contribution is 7.89. The van der Waals surface area contributed by atoms with Crippen molar-refractivity contribution in [3.05, 3.63) is 95.8 Å². The van der Waals surface area contributed by atoms with Crippen LogP contribution in [0, 0.1) is 5.82 Å². The van der Waals surface area contributed by atoms with Crippen LogP contribution in [0.1, 0.15) is 38.8 Å². The van der Waals surface area contributed by atoms with Gasteiger partial charge in [-0.15, -0.1) is 0 Å². The Kier molecular flexibility index (Phi) is 9.22. The summed E-state index contributed by atoms with van der Waals surface area (Å²) in [6, 6.07) is 20.0. The van der Waals surface area contributed by atoms with Gasteiger partial charge in [0.2, 0.25) is 10.0 Å². The minimum atomic E-state index is -3.95. The number of carbonyl (C=O) groups excluding carboxylic acids is 2. The number of benzene rings is 3. The Labute approximate surface area is 245 Å². The summed E-state index contributed by atoms with van der Waals surface area (Å²) < 4.78 is 58.8. The second-order valence-corrected chi connectivity index (χ2v) is 12.9. The summed E-state index contributed by atoms with van der Waals surface area (Å²) in [6.45, 7) is 6.93. The summed E-state index contributed by atoms with van der Waals surface area (Å²) in [5, 5.41) is 2.53. The lowest BCUT2D eigenvalue weighted by atomic mass is 9.87. The normalized spacial score (nSPS) is 15.6. The number of halogens is 1. The van der Waals surface area contributed by atoms with Gasteiger partial charge in [0, 0.05) is 6.42 Å². The van der Waals surface area contributed by atoms with E-state index in [2.05, 4.69) is 5.32 Å². The highest BCUT2D eigenvalue weighted by atomic mass is 32.2. The van der Waals surface area contributed by atoms with Crippen molar-refractivity contribution in [2.24, 2.45) is 0 Å². The predicted octanol–water partition coefficient (Wildman–Crippen LogP) is 4.80. The van der Waals surface area contributed by atoms with Crippen molar-refractivity contribution in [1.82, 2.24) is 9.62 Å². The first-order valence-corrected chi connectivity index (χ1v) is 15.0. The number of amides is 1. The Morgan fingerprint density at radius 3 is 2.29 bits per heavy atom. The van der Waals surface area contributed by atoms with Crippen LogP contribution in [0.25, 0.3) is 0 Å². The van der Waals surface area contributed by atoms with E-state index in [0.29, 0.717) is 11.3 Å². The Morgan fingerprint density at radius 1 is 1.00 bits per heavy atom. The fraction of sp³-hybridized carbons (Fsp3) is 0.355. The molecule has 0 radical (unpaired) electrons. The van der Waals surface area contributed by atoms with Crippen molar-refractivity contribution in [2.45, 2.75) is 56.3 Å². The number of sulfonamides is 1. The van der Waals surface area contributed by atoms with Gasteiger partial charge in [-0.05, 0) is 75.2 Å². The second-order valence-electron chi connectivity index (χ2n) is 11.0. The number of esters is 1. The van der Waals surface area contributed by atoms with Gasteiger partial charge in [-0.25, -0.2) is 22.4 Å². The molecule has 1 amide bonds. The fourth-order valence-corrected chi connectivity index (χ4v) is 6.18. The summed E-state index contributed by atoms with van der Waals surface area (Å²) in [5.74, 6) is -0.646. The number of hydrogen-bond donors (Lipinski definition) is 1. The largest absolute Gasteiger partial charge is 0.480 e. The van der Waals surface area contributed by atoms with Crippen molar-refractivity contribution in [2.75, 3.05) is 19.7 Å². The number of nitrogens with one attached hydrogen (secondary N) is 1. The highest BCUT2D eigenvalue weighted by Gasteiger charge is 2.52. The Bertz CT molecular complexity index is 1500. The average molecular weight is 599 g/mol. The number of alkyl carbamates (subject to hydrolysis) is 1. The van der Waals surface area contributed by atoms with E-state index in [-0.39, 0.29) is 31.0 Å². The van der Waals surface area contributed by atoms with Crippen molar-refractivity contribution in [1.29, 1.82) is 0 Å². The Morgan fingerprint density at radius 2 is 1.67 bits per heavy atom. The third-order valence-corrected chi connectivity index (χ3v) is 8.32. The van der Waals surface area contributed by atoms with Gasteiger partial charge < -0.3 is 19.5 Å². The topological polar surface area (TPSA) is 111 Å². The van der Waals surface area contributed by atoms with E-state index in [1.807, 2.05) is 30.3 Å². The fourth-order valence-electron chi connectivity index (χ4n) is 4.57. The number of nitrogens with zero attached hydrogens (tertiary/aromatic N) is 1. The molecule has 1 aliphatic heterocycles. The van der Waals surface area contributed by atoms with Crippen LogP contribution in [0.5, 0.6) is 5.75 Å². The van der Waals surface area contributed by atoms with Crippen LogP contribution in [0.4, 0.5) is 9.18 Å². The summed E-state index contributed by atoms with van der Waals surface area (Å²) in [6.07, 6.45) is -0.799. The van der Waals surface area contributed by atoms with Gasteiger partial charge in [-0.2, -0.15) is 4.31 Å². The molecule has 1 N–H and O–H groups in total. The third-order valence-electron chi connectivity index (χ3n) is 6.53. The van der Waals surface area contributed by atoms with Gasteiger partial charge >= 0.3 is 12.1 Å². The molecule has 224 valence electrons. The van der Waals surface area contributed by atoms with Gasteiger partial charge in [0.15, 0.2) is 5.60 Å². The molecule has 1 saturated heterocycles. The number of ether oxygens (including phenoxy) is 3. The maximum absolute atomic E-state index is 13.7. The second kappa shape index (κ2) is 12.5. The summed E-state index contributed by atoms with van der Waals surface area (Å²) in [4.78, 5) is 25.0. The van der Waals surface area contributed by atoms with Crippen LogP contribution in [0.2, 0.25) is 0 Å². The van der Waals surface area contributed by atoms with Gasteiger partial charge in [0.25, 0.3) is 0 Å². The van der Waals surface area contributed by atoms with Gasteiger partial charge in [0.1, 0.15) is 23.2 Å². The molecule has 1 fully saturated rings. The van der Waals surface area contributed by atoms with Crippen molar-refractivity contribution >= 4 is 22.1 Å². The third kappa shape index (κ3) is 7.46. The van der Waals surface area contributed by atoms with Crippen LogP contribution in [0.3, 0.4) is 0 Å². The lowest BCUT2D eigenvalue weighted by molar-refractivity contribution is -0.145. The van der Waals surface area contributed by atoms with E-state index in [1.165, 1.54) is 40.7 Å². The molecule has 1 heterocycles. The standard InChI is InChI=1S/C31H35FN2O7S/c1-5-39-28(35)27(33-29(36)41-30(2,3)4)19-22-10-9-13-26(18-22)42(37,38)34-20-31(21-34,23-11-7-6-8-12-23)40-25-16-14-24(32)15-17-25/h6-18,27H,5,19-21H2,1-4H3,(H,33,36)/t27-/m0/s1. The number of carbonyl (C=O) groups is 2. The van der Waals surface area contributed by atoms with Gasteiger partial charge in [0.05, 0.1) is 24.6 Å². The molecule has 0 bridgehead atoms. The van der Waals surface area contributed by atoms with Crippen LogP contribution < -0.4 is 10.1 Å². The predicted molar refractivity (Wildman–Crippen MR) is 154 cm³/mol. The molecule has 4 rings (SSSR count). The van der Waals surface area contributed by atoms with Crippen molar-refractivity contribution in [3.63, 3.8) is 0 Å². The molecule has 11 heteroatoms. The molecule has 0 aliphatic carbocycles. The monoisotopic (exact) mass is 598 g/mol. The minimum Gasteiger partial charge on any atom is -0.480 e. The highest BCUT2D eigenvalue weighted by Crippen LogP contribution is 2.40. The number of hydrogen-bond acceptors (Lipinski definition) is 7. The smallest absolute Gasteiger partial charge is 0.408 e. The van der Waals surface area contributed by atoms with E-state index in [9.17, 15) is 22.4 Å². The zero-order chi connectivity index (χ0) is 30.5. The van der Waals surface area contributed by atoms with Crippen LogP contribution in [0.15, 0.2) is 83.8 Å². The van der Waals surface area contributed by atoms with E-state index >= 15 is 0 Å². The molecule has 0 aromatic heterocycles. The maximum Gasteiger partial charge on any atom is 0.408 e. The van der Waals surface area contributed by atoms with Crippen LogP contribution in [-0.4, -0.2) is 56.1 Å². The van der Waals surface area contributed by atoms with Crippen molar-refractivity contribution in [3.8, 4) is 5.75 Å². The average Bonchev–Trinajstić information content (AvgIpc) is 2.91. The Hall–Kier alpha value is -3.96. The maximum atomic E-state index is 13.7.